The molecule has 1 fully saturated rings. The maximum atomic E-state index is 11.6. The lowest BCUT2D eigenvalue weighted by molar-refractivity contribution is 0.107. The number of hydrogen-bond acceptors (Lipinski definition) is 9. The standard InChI is InChI=1S/C27H25ClN6O3S.ClH/c1-2-29-27(35)37-20-11-17(31-14-20)6-8-21-13-23-25(38-21)26(33-16-32-23)34-18-7-9-24(22(28)12-18)36-15-19-5-3-4-10-30-19;/h3-5,7,9-10,12-13,16-17,20,31H,2,11,14-15H2,1H3,(H,29,35)(H,32,33,34);1H. The molecule has 3 N–H and O–H groups in total. The van der Waals surface area contributed by atoms with E-state index in [1.807, 2.05) is 43.3 Å². The Morgan fingerprint density at radius 1 is 1.23 bits per heavy atom. The molecule has 2 unspecified atom stereocenters. The molecule has 0 aliphatic carbocycles. The number of fused-ring (bicyclic) bond motifs is 1. The molecule has 0 saturated carbocycles. The van der Waals surface area contributed by atoms with Gasteiger partial charge in [0.15, 0.2) is 5.82 Å². The van der Waals surface area contributed by atoms with Gasteiger partial charge in [0.05, 0.1) is 31.9 Å². The number of alkyl carbamates (subject to hydrolysis) is 1. The molecule has 1 saturated heterocycles. The van der Waals surface area contributed by atoms with Crippen molar-refractivity contribution in [2.75, 3.05) is 18.4 Å². The molecule has 4 heterocycles. The number of aromatic nitrogens is 3. The minimum absolute atomic E-state index is 0. The first-order chi connectivity index (χ1) is 18.6. The van der Waals surface area contributed by atoms with Gasteiger partial charge in [-0.05, 0) is 43.3 Å². The minimum atomic E-state index is -0.399. The Kier molecular flexibility index (Phi) is 9.79. The number of anilines is 2. The normalized spacial score (nSPS) is 16.1. The van der Waals surface area contributed by atoms with Gasteiger partial charge in [-0.3, -0.25) is 10.3 Å². The lowest BCUT2D eigenvalue weighted by atomic mass is 10.2. The number of carbonyl (C=O) groups is 1. The molecule has 1 aliphatic rings. The second-order valence-corrected chi connectivity index (χ2v) is 9.91. The highest BCUT2D eigenvalue weighted by molar-refractivity contribution is 7.20. The summed E-state index contributed by atoms with van der Waals surface area (Å²) in [5, 5.41) is 9.74. The molecule has 202 valence electrons. The van der Waals surface area contributed by atoms with Crippen LogP contribution in [0, 0.1) is 11.8 Å². The number of nitrogens with zero attached hydrogens (tertiary/aromatic N) is 3. The number of hydrogen-bond donors (Lipinski definition) is 3. The lowest BCUT2D eigenvalue weighted by Gasteiger charge is -2.11. The summed E-state index contributed by atoms with van der Waals surface area (Å²) in [5.41, 5.74) is 2.39. The maximum Gasteiger partial charge on any atom is 0.407 e. The van der Waals surface area contributed by atoms with Crippen molar-refractivity contribution in [3.63, 3.8) is 0 Å². The monoisotopic (exact) mass is 584 g/mol. The predicted octanol–water partition coefficient (Wildman–Crippen LogP) is 5.31. The summed E-state index contributed by atoms with van der Waals surface area (Å²) < 4.78 is 12.1. The van der Waals surface area contributed by atoms with Crippen LogP contribution < -0.4 is 20.7 Å². The van der Waals surface area contributed by atoms with E-state index in [0.717, 1.165) is 26.5 Å². The van der Waals surface area contributed by atoms with Gasteiger partial charge >= 0.3 is 6.09 Å². The summed E-state index contributed by atoms with van der Waals surface area (Å²) in [6.07, 6.45) is 3.29. The molecule has 12 heteroatoms. The molecule has 1 aromatic carbocycles. The second-order valence-electron chi connectivity index (χ2n) is 8.45. The van der Waals surface area contributed by atoms with E-state index in [0.29, 0.717) is 42.7 Å². The third-order valence-corrected chi connectivity index (χ3v) is 7.00. The van der Waals surface area contributed by atoms with Crippen molar-refractivity contribution in [3.05, 3.63) is 70.6 Å². The first-order valence-electron chi connectivity index (χ1n) is 12.1. The molecule has 1 amide bonds. The van der Waals surface area contributed by atoms with Crippen molar-refractivity contribution in [3.8, 4) is 17.6 Å². The number of nitrogens with one attached hydrogen (secondary N) is 3. The van der Waals surface area contributed by atoms with Crippen molar-refractivity contribution in [2.24, 2.45) is 0 Å². The third-order valence-electron chi connectivity index (χ3n) is 5.66. The molecule has 3 aromatic heterocycles. The van der Waals surface area contributed by atoms with E-state index in [4.69, 9.17) is 21.1 Å². The number of pyridine rings is 1. The average molecular weight is 586 g/mol. The fourth-order valence-electron chi connectivity index (χ4n) is 3.87. The zero-order chi connectivity index (χ0) is 26.3. The Balaban J connectivity index is 0.00000353. The van der Waals surface area contributed by atoms with Gasteiger partial charge < -0.3 is 20.1 Å². The van der Waals surface area contributed by atoms with Crippen molar-refractivity contribution < 1.29 is 14.3 Å². The van der Waals surface area contributed by atoms with E-state index in [-0.39, 0.29) is 24.6 Å². The predicted molar refractivity (Wildman–Crippen MR) is 155 cm³/mol. The van der Waals surface area contributed by atoms with Gasteiger partial charge in [0, 0.05) is 31.4 Å². The van der Waals surface area contributed by atoms with Crippen LogP contribution in [-0.4, -0.2) is 46.3 Å². The highest BCUT2D eigenvalue weighted by Gasteiger charge is 2.25. The summed E-state index contributed by atoms with van der Waals surface area (Å²) >= 11 is 7.98. The van der Waals surface area contributed by atoms with Crippen molar-refractivity contribution in [1.29, 1.82) is 0 Å². The van der Waals surface area contributed by atoms with E-state index in [2.05, 4.69) is 42.7 Å². The Hall–Kier alpha value is -3.62. The van der Waals surface area contributed by atoms with Crippen molar-refractivity contribution >= 4 is 63.2 Å². The first-order valence-corrected chi connectivity index (χ1v) is 13.3. The zero-order valence-electron chi connectivity index (χ0n) is 20.9. The van der Waals surface area contributed by atoms with Gasteiger partial charge in [0.25, 0.3) is 0 Å². The molecule has 0 bridgehead atoms. The summed E-state index contributed by atoms with van der Waals surface area (Å²) in [6.45, 7) is 3.30. The van der Waals surface area contributed by atoms with Gasteiger partial charge in [-0.25, -0.2) is 14.8 Å². The molecule has 0 spiro atoms. The van der Waals surface area contributed by atoms with Crippen LogP contribution >= 0.6 is 35.3 Å². The Morgan fingerprint density at radius 3 is 2.92 bits per heavy atom. The fourth-order valence-corrected chi connectivity index (χ4v) is 5.02. The molecule has 5 rings (SSSR count). The van der Waals surface area contributed by atoms with Crippen LogP contribution in [-0.2, 0) is 11.3 Å². The number of rotatable bonds is 7. The third kappa shape index (κ3) is 7.49. The van der Waals surface area contributed by atoms with E-state index in [9.17, 15) is 4.79 Å². The Bertz CT molecular complexity index is 1490. The van der Waals surface area contributed by atoms with Crippen LogP contribution in [0.5, 0.6) is 5.75 Å². The van der Waals surface area contributed by atoms with Crippen LogP contribution in [0.25, 0.3) is 10.2 Å². The van der Waals surface area contributed by atoms with Crippen LogP contribution in [0.2, 0.25) is 5.02 Å². The van der Waals surface area contributed by atoms with Gasteiger partial charge in [-0.2, -0.15) is 0 Å². The van der Waals surface area contributed by atoms with Crippen LogP contribution in [0.4, 0.5) is 16.3 Å². The summed E-state index contributed by atoms with van der Waals surface area (Å²) in [5.74, 6) is 7.70. The minimum Gasteiger partial charge on any atom is -0.486 e. The number of amides is 1. The highest BCUT2D eigenvalue weighted by atomic mass is 35.5. The van der Waals surface area contributed by atoms with E-state index in [1.165, 1.54) is 17.7 Å². The van der Waals surface area contributed by atoms with Gasteiger partial charge in [-0.1, -0.05) is 29.5 Å². The summed E-state index contributed by atoms with van der Waals surface area (Å²) in [6, 6.07) is 13.1. The zero-order valence-corrected chi connectivity index (χ0v) is 23.3. The Morgan fingerprint density at radius 2 is 2.13 bits per heavy atom. The lowest BCUT2D eigenvalue weighted by Crippen LogP contribution is -2.29. The number of halogens is 2. The van der Waals surface area contributed by atoms with Gasteiger partial charge in [0.1, 0.15) is 24.8 Å². The molecule has 1 aliphatic heterocycles. The molecule has 0 radical (unpaired) electrons. The number of benzene rings is 1. The van der Waals surface area contributed by atoms with Gasteiger partial charge in [0.2, 0.25) is 0 Å². The molecular formula is C27H26Cl2N6O3S. The molecular weight excluding hydrogens is 559 g/mol. The number of thiophene rings is 1. The quantitative estimate of drug-likeness (QED) is 0.251. The maximum absolute atomic E-state index is 11.6. The Labute approximate surface area is 241 Å². The molecule has 4 aromatic rings. The molecule has 9 nitrogen and oxygen atoms in total. The summed E-state index contributed by atoms with van der Waals surface area (Å²) in [4.78, 5) is 25.6. The number of ether oxygens (including phenoxy) is 2. The first kappa shape index (κ1) is 28.4. The summed E-state index contributed by atoms with van der Waals surface area (Å²) in [7, 11) is 0. The molecule has 2 atom stereocenters. The number of carbonyl (C=O) groups excluding carboxylic acids is 1. The topological polar surface area (TPSA) is 110 Å². The molecule has 39 heavy (non-hydrogen) atoms. The van der Waals surface area contributed by atoms with Crippen LogP contribution in [0.15, 0.2) is 55.0 Å². The van der Waals surface area contributed by atoms with Crippen LogP contribution in [0.3, 0.4) is 0 Å². The average Bonchev–Trinajstić information content (AvgIpc) is 3.55. The highest BCUT2D eigenvalue weighted by Crippen LogP contribution is 2.33. The van der Waals surface area contributed by atoms with Crippen molar-refractivity contribution in [1.82, 2.24) is 25.6 Å². The SMILES string of the molecule is CCNC(=O)OC1CNC(C#Cc2cc3ncnc(Nc4ccc(OCc5ccccn5)c(Cl)c4)c3s2)C1.Cl. The van der Waals surface area contributed by atoms with Crippen LogP contribution in [0.1, 0.15) is 23.9 Å². The van der Waals surface area contributed by atoms with Crippen molar-refractivity contribution in [2.45, 2.75) is 32.1 Å². The smallest absolute Gasteiger partial charge is 0.407 e. The fraction of sp³-hybridized carbons (Fsp3) is 0.259. The largest absolute Gasteiger partial charge is 0.486 e. The van der Waals surface area contributed by atoms with E-state index in [1.54, 1.807) is 12.3 Å². The second kappa shape index (κ2) is 13.4. The van der Waals surface area contributed by atoms with E-state index >= 15 is 0 Å². The van der Waals surface area contributed by atoms with E-state index < -0.39 is 6.09 Å². The van der Waals surface area contributed by atoms with Gasteiger partial charge in [-0.15, -0.1) is 23.7 Å².